The van der Waals surface area contributed by atoms with Crippen LogP contribution in [0.4, 0.5) is 4.39 Å². The Hall–Kier alpha value is -1.05. The summed E-state index contributed by atoms with van der Waals surface area (Å²) < 4.78 is 12.5. The molecular formula is C8H12FN. The molecule has 1 N–H and O–H groups in total. The van der Waals surface area contributed by atoms with Gasteiger partial charge in [0.15, 0.2) is 0 Å². The highest BCUT2D eigenvalue weighted by molar-refractivity contribution is 5.21. The van der Waals surface area contributed by atoms with Crippen molar-refractivity contribution in [2.24, 2.45) is 0 Å². The number of halogens is 1. The number of hydrogen-bond donors (Lipinski definition) is 1. The smallest absolute Gasteiger partial charge is 0.124 e. The van der Waals surface area contributed by atoms with Crippen LogP contribution in [0.3, 0.4) is 0 Å². The molecule has 0 aliphatic heterocycles. The Labute approximate surface area is 60.9 Å². The van der Waals surface area contributed by atoms with Crippen molar-refractivity contribution in [1.82, 2.24) is 5.32 Å². The standard InChI is InChI=1S/C8H12FN/c1-4-5-8(9)6-7(2)10-3/h4-6,10H,2H2,1,3H3/b5-4-,8-6+. The highest BCUT2D eigenvalue weighted by Crippen LogP contribution is 2.00. The summed E-state index contributed by atoms with van der Waals surface area (Å²) in [6.45, 7) is 5.29. The molecule has 0 aromatic carbocycles. The third-order valence-electron chi connectivity index (χ3n) is 0.959. The Bertz CT molecular complexity index is 168. The molecule has 0 saturated heterocycles. The summed E-state index contributed by atoms with van der Waals surface area (Å²) in [7, 11) is 1.70. The van der Waals surface area contributed by atoms with E-state index < -0.39 is 0 Å². The van der Waals surface area contributed by atoms with Crippen molar-refractivity contribution in [3.05, 3.63) is 36.3 Å². The molecule has 0 heterocycles. The Kier molecular flexibility index (Phi) is 4.29. The Morgan fingerprint density at radius 2 is 2.20 bits per heavy atom. The fraction of sp³-hybridized carbons (Fsp3) is 0.250. The van der Waals surface area contributed by atoms with E-state index in [1.807, 2.05) is 0 Å². The molecule has 0 atom stereocenters. The van der Waals surface area contributed by atoms with Gasteiger partial charge in [0.1, 0.15) is 5.83 Å². The molecule has 0 unspecified atom stereocenters. The molecule has 10 heavy (non-hydrogen) atoms. The van der Waals surface area contributed by atoms with Crippen LogP contribution in [0.2, 0.25) is 0 Å². The molecule has 0 aliphatic carbocycles. The lowest BCUT2D eigenvalue weighted by atomic mass is 10.3. The van der Waals surface area contributed by atoms with E-state index in [2.05, 4.69) is 11.9 Å². The van der Waals surface area contributed by atoms with Crippen molar-refractivity contribution < 1.29 is 4.39 Å². The van der Waals surface area contributed by atoms with E-state index in [1.165, 1.54) is 12.2 Å². The minimum atomic E-state index is -0.290. The third kappa shape index (κ3) is 3.89. The van der Waals surface area contributed by atoms with E-state index in [4.69, 9.17) is 0 Å². The zero-order valence-corrected chi connectivity index (χ0v) is 6.32. The number of likely N-dealkylation sites (N-methyl/N-ethyl adjacent to an activating group) is 1. The van der Waals surface area contributed by atoms with E-state index in [1.54, 1.807) is 20.0 Å². The molecule has 0 spiro atoms. The largest absolute Gasteiger partial charge is 0.389 e. The summed E-state index contributed by atoms with van der Waals surface area (Å²) in [6, 6.07) is 0. The van der Waals surface area contributed by atoms with E-state index >= 15 is 0 Å². The lowest BCUT2D eigenvalue weighted by Crippen LogP contribution is -2.00. The predicted molar refractivity (Wildman–Crippen MR) is 42.2 cm³/mol. The van der Waals surface area contributed by atoms with Crippen molar-refractivity contribution in [2.75, 3.05) is 7.05 Å². The van der Waals surface area contributed by atoms with Crippen molar-refractivity contribution in [1.29, 1.82) is 0 Å². The van der Waals surface area contributed by atoms with Crippen molar-refractivity contribution in [2.45, 2.75) is 6.92 Å². The first-order chi connectivity index (χ1) is 4.70. The molecular weight excluding hydrogens is 129 g/mol. The number of rotatable bonds is 3. The van der Waals surface area contributed by atoms with E-state index in [0.717, 1.165) is 0 Å². The number of nitrogens with one attached hydrogen (secondary N) is 1. The lowest BCUT2D eigenvalue weighted by molar-refractivity contribution is 0.664. The number of allylic oxidation sites excluding steroid dienone is 4. The van der Waals surface area contributed by atoms with Gasteiger partial charge in [-0.05, 0) is 19.1 Å². The zero-order chi connectivity index (χ0) is 7.98. The summed E-state index contributed by atoms with van der Waals surface area (Å²) in [5, 5.41) is 2.71. The van der Waals surface area contributed by atoms with Crippen molar-refractivity contribution >= 4 is 0 Å². The van der Waals surface area contributed by atoms with Gasteiger partial charge in [0.05, 0.1) is 0 Å². The molecule has 2 heteroatoms. The van der Waals surface area contributed by atoms with Crippen LogP contribution in [-0.2, 0) is 0 Å². The molecule has 0 radical (unpaired) electrons. The van der Waals surface area contributed by atoms with Gasteiger partial charge in [-0.2, -0.15) is 0 Å². The Morgan fingerprint density at radius 3 is 2.60 bits per heavy atom. The first kappa shape index (κ1) is 8.95. The predicted octanol–water partition coefficient (Wildman–Crippen LogP) is 2.15. The molecule has 0 amide bonds. The van der Waals surface area contributed by atoms with E-state index in [9.17, 15) is 4.39 Å². The zero-order valence-electron chi connectivity index (χ0n) is 6.32. The monoisotopic (exact) mass is 141 g/mol. The molecule has 0 rings (SSSR count). The topological polar surface area (TPSA) is 12.0 Å². The molecule has 1 nitrogen and oxygen atoms in total. The normalized spacial score (nSPS) is 12.1. The molecule has 0 bridgehead atoms. The minimum Gasteiger partial charge on any atom is -0.389 e. The summed E-state index contributed by atoms with van der Waals surface area (Å²) in [4.78, 5) is 0. The average molecular weight is 141 g/mol. The summed E-state index contributed by atoms with van der Waals surface area (Å²) in [6.07, 6.45) is 4.34. The van der Waals surface area contributed by atoms with Crippen LogP contribution in [0.1, 0.15) is 6.92 Å². The maximum atomic E-state index is 12.5. The van der Waals surface area contributed by atoms with Gasteiger partial charge < -0.3 is 5.32 Å². The highest BCUT2D eigenvalue weighted by Gasteiger charge is 1.86. The highest BCUT2D eigenvalue weighted by atomic mass is 19.1. The molecule has 0 aromatic rings. The second-order valence-corrected chi connectivity index (χ2v) is 1.80. The molecule has 0 saturated carbocycles. The van der Waals surface area contributed by atoms with Gasteiger partial charge in [-0.25, -0.2) is 4.39 Å². The van der Waals surface area contributed by atoms with Crippen LogP contribution in [0.5, 0.6) is 0 Å². The van der Waals surface area contributed by atoms with Gasteiger partial charge in [0.2, 0.25) is 0 Å². The summed E-state index contributed by atoms with van der Waals surface area (Å²) in [5.74, 6) is -0.290. The van der Waals surface area contributed by atoms with Crippen LogP contribution >= 0.6 is 0 Å². The summed E-state index contributed by atoms with van der Waals surface area (Å²) in [5.41, 5.74) is 0.565. The molecule has 0 aliphatic rings. The van der Waals surface area contributed by atoms with Crippen LogP contribution in [-0.4, -0.2) is 7.05 Å². The fourth-order valence-corrected chi connectivity index (χ4v) is 0.446. The number of hydrogen-bond acceptors (Lipinski definition) is 1. The van der Waals surface area contributed by atoms with Gasteiger partial charge >= 0.3 is 0 Å². The average Bonchev–Trinajstić information content (AvgIpc) is 1.88. The van der Waals surface area contributed by atoms with Gasteiger partial charge in [-0.1, -0.05) is 12.7 Å². The Balaban J connectivity index is 4.02. The van der Waals surface area contributed by atoms with E-state index in [-0.39, 0.29) is 5.83 Å². The maximum absolute atomic E-state index is 12.5. The van der Waals surface area contributed by atoms with Crippen molar-refractivity contribution in [3.8, 4) is 0 Å². The fourth-order valence-electron chi connectivity index (χ4n) is 0.446. The molecule has 0 aromatic heterocycles. The first-order valence-electron chi connectivity index (χ1n) is 3.07. The van der Waals surface area contributed by atoms with Gasteiger partial charge in [-0.3, -0.25) is 0 Å². The van der Waals surface area contributed by atoms with Crippen LogP contribution in [0, 0.1) is 0 Å². The van der Waals surface area contributed by atoms with Crippen molar-refractivity contribution in [3.63, 3.8) is 0 Å². The lowest BCUT2D eigenvalue weighted by Gasteiger charge is -1.94. The Morgan fingerprint density at radius 1 is 1.60 bits per heavy atom. The second kappa shape index (κ2) is 4.79. The first-order valence-corrected chi connectivity index (χ1v) is 3.07. The van der Waals surface area contributed by atoms with Gasteiger partial charge in [0.25, 0.3) is 0 Å². The van der Waals surface area contributed by atoms with Crippen LogP contribution in [0.25, 0.3) is 0 Å². The van der Waals surface area contributed by atoms with Crippen LogP contribution < -0.4 is 5.32 Å². The van der Waals surface area contributed by atoms with E-state index in [0.29, 0.717) is 5.70 Å². The van der Waals surface area contributed by atoms with Gasteiger partial charge in [0, 0.05) is 12.7 Å². The SMILES string of the molecule is C=C(/C=C(F)\C=C/C)NC. The quantitative estimate of drug-likeness (QED) is 0.594. The third-order valence-corrected chi connectivity index (χ3v) is 0.959. The molecule has 56 valence electrons. The summed E-state index contributed by atoms with van der Waals surface area (Å²) >= 11 is 0. The van der Waals surface area contributed by atoms with Gasteiger partial charge in [-0.15, -0.1) is 0 Å². The second-order valence-electron chi connectivity index (χ2n) is 1.80. The maximum Gasteiger partial charge on any atom is 0.124 e. The molecule has 0 fully saturated rings. The minimum absolute atomic E-state index is 0.290. The van der Waals surface area contributed by atoms with Crippen LogP contribution in [0.15, 0.2) is 36.3 Å².